The molecule has 19 heavy (non-hydrogen) atoms. The highest BCUT2D eigenvalue weighted by Gasteiger charge is 2.29. The summed E-state index contributed by atoms with van der Waals surface area (Å²) in [5.74, 6) is 0.448. The van der Waals surface area contributed by atoms with E-state index in [9.17, 15) is 4.79 Å². The van der Waals surface area contributed by atoms with Gasteiger partial charge >= 0.3 is 5.97 Å². The van der Waals surface area contributed by atoms with Gasteiger partial charge < -0.3 is 15.0 Å². The average molecular weight is 262 g/mol. The molecule has 2 unspecified atom stereocenters. The van der Waals surface area contributed by atoms with Crippen LogP contribution in [0.15, 0.2) is 12.3 Å². The van der Waals surface area contributed by atoms with Crippen LogP contribution >= 0.6 is 0 Å². The van der Waals surface area contributed by atoms with Crippen LogP contribution in [-0.2, 0) is 4.74 Å². The van der Waals surface area contributed by atoms with Crippen LogP contribution in [0.5, 0.6) is 0 Å². The van der Waals surface area contributed by atoms with Crippen molar-refractivity contribution in [2.45, 2.75) is 31.3 Å². The van der Waals surface area contributed by atoms with Gasteiger partial charge in [0.15, 0.2) is 0 Å². The van der Waals surface area contributed by atoms with Gasteiger partial charge in [0.25, 0.3) is 0 Å². The topological polar surface area (TPSA) is 67.3 Å². The summed E-state index contributed by atoms with van der Waals surface area (Å²) in [7, 11) is 1.34. The van der Waals surface area contributed by atoms with Crippen molar-refractivity contribution in [1.29, 1.82) is 0 Å². The molecular weight excluding hydrogens is 244 g/mol. The molecule has 1 aromatic heterocycles. The SMILES string of the molecule is COC(=O)c1nccc(N2CCC3CCC(C2)N3)n1. The van der Waals surface area contributed by atoms with Gasteiger partial charge in [0, 0.05) is 31.4 Å². The van der Waals surface area contributed by atoms with Gasteiger partial charge in [0.1, 0.15) is 5.82 Å². The zero-order valence-corrected chi connectivity index (χ0v) is 11.0. The highest BCUT2D eigenvalue weighted by molar-refractivity contribution is 5.85. The van der Waals surface area contributed by atoms with Crippen molar-refractivity contribution < 1.29 is 9.53 Å². The lowest BCUT2D eigenvalue weighted by molar-refractivity contribution is 0.0587. The maximum Gasteiger partial charge on any atom is 0.376 e. The van der Waals surface area contributed by atoms with E-state index in [2.05, 4.69) is 24.9 Å². The molecule has 102 valence electrons. The van der Waals surface area contributed by atoms with Crippen molar-refractivity contribution in [1.82, 2.24) is 15.3 Å². The lowest BCUT2D eigenvalue weighted by atomic mass is 10.1. The molecule has 0 aliphatic carbocycles. The van der Waals surface area contributed by atoms with Gasteiger partial charge in [-0.2, -0.15) is 0 Å². The minimum Gasteiger partial charge on any atom is -0.463 e. The number of hydrogen-bond donors (Lipinski definition) is 1. The lowest BCUT2D eigenvalue weighted by Gasteiger charge is -2.25. The Labute approximate surface area is 112 Å². The average Bonchev–Trinajstić information content (AvgIpc) is 2.77. The number of methoxy groups -OCH3 is 1. The summed E-state index contributed by atoms with van der Waals surface area (Å²) < 4.78 is 4.66. The zero-order valence-electron chi connectivity index (χ0n) is 11.0. The summed E-state index contributed by atoms with van der Waals surface area (Å²) in [5, 5.41) is 3.62. The number of anilines is 1. The number of ether oxygens (including phenoxy) is 1. The Kier molecular flexibility index (Phi) is 3.33. The van der Waals surface area contributed by atoms with Crippen molar-refractivity contribution in [3.63, 3.8) is 0 Å². The molecule has 1 aromatic rings. The highest BCUT2D eigenvalue weighted by atomic mass is 16.5. The van der Waals surface area contributed by atoms with Crippen LogP contribution in [-0.4, -0.2) is 48.2 Å². The number of nitrogens with one attached hydrogen (secondary N) is 1. The third kappa shape index (κ3) is 2.53. The summed E-state index contributed by atoms with van der Waals surface area (Å²) in [4.78, 5) is 21.9. The molecule has 2 aliphatic heterocycles. The van der Waals surface area contributed by atoms with Crippen LogP contribution < -0.4 is 10.2 Å². The summed E-state index contributed by atoms with van der Waals surface area (Å²) >= 11 is 0. The van der Waals surface area contributed by atoms with Gasteiger partial charge in [0.05, 0.1) is 7.11 Å². The standard InChI is InChI=1S/C13H18N4O2/c1-19-13(18)12-14-6-4-11(16-12)17-7-5-9-2-3-10(8-17)15-9/h4,6,9-10,15H,2-3,5,7-8H2,1H3. The fourth-order valence-corrected chi connectivity index (χ4v) is 2.87. The van der Waals surface area contributed by atoms with Crippen LogP contribution in [0.25, 0.3) is 0 Å². The van der Waals surface area contributed by atoms with Crippen LogP contribution in [0.1, 0.15) is 29.9 Å². The van der Waals surface area contributed by atoms with E-state index in [0.29, 0.717) is 12.1 Å². The van der Waals surface area contributed by atoms with E-state index in [1.54, 1.807) is 6.20 Å². The monoisotopic (exact) mass is 262 g/mol. The van der Waals surface area contributed by atoms with Crippen molar-refractivity contribution in [3.8, 4) is 0 Å². The predicted molar refractivity (Wildman–Crippen MR) is 70.1 cm³/mol. The molecular formula is C13H18N4O2. The Morgan fingerprint density at radius 1 is 1.42 bits per heavy atom. The van der Waals surface area contributed by atoms with E-state index in [4.69, 9.17) is 0 Å². The number of carbonyl (C=O) groups is 1. The Bertz CT molecular complexity index is 479. The van der Waals surface area contributed by atoms with E-state index in [-0.39, 0.29) is 5.82 Å². The second-order valence-electron chi connectivity index (χ2n) is 5.10. The second-order valence-corrected chi connectivity index (χ2v) is 5.10. The third-order valence-electron chi connectivity index (χ3n) is 3.86. The minimum atomic E-state index is -0.490. The smallest absolute Gasteiger partial charge is 0.376 e. The van der Waals surface area contributed by atoms with Gasteiger partial charge in [0.2, 0.25) is 5.82 Å². The van der Waals surface area contributed by atoms with E-state index in [1.807, 2.05) is 6.07 Å². The Morgan fingerprint density at radius 2 is 2.26 bits per heavy atom. The molecule has 1 N–H and O–H groups in total. The normalized spacial score (nSPS) is 26.1. The van der Waals surface area contributed by atoms with Crippen molar-refractivity contribution in [2.24, 2.45) is 0 Å². The largest absolute Gasteiger partial charge is 0.463 e. The van der Waals surface area contributed by atoms with Crippen LogP contribution in [0, 0.1) is 0 Å². The maximum atomic E-state index is 11.5. The number of fused-ring (bicyclic) bond motifs is 2. The number of rotatable bonds is 2. The van der Waals surface area contributed by atoms with E-state index in [1.165, 1.54) is 20.0 Å². The molecule has 3 rings (SSSR count). The van der Waals surface area contributed by atoms with Crippen molar-refractivity contribution in [3.05, 3.63) is 18.1 Å². The fourth-order valence-electron chi connectivity index (χ4n) is 2.87. The quantitative estimate of drug-likeness (QED) is 0.787. The molecule has 2 atom stereocenters. The predicted octanol–water partition coefficient (Wildman–Crippen LogP) is 0.594. The van der Waals surface area contributed by atoms with Gasteiger partial charge in [-0.3, -0.25) is 0 Å². The molecule has 2 saturated heterocycles. The molecule has 0 saturated carbocycles. The molecule has 6 nitrogen and oxygen atoms in total. The molecule has 6 heteroatoms. The number of esters is 1. The molecule has 0 spiro atoms. The zero-order chi connectivity index (χ0) is 13.2. The molecule has 0 aromatic carbocycles. The van der Waals surface area contributed by atoms with Crippen LogP contribution in [0.2, 0.25) is 0 Å². The first-order valence-electron chi connectivity index (χ1n) is 6.68. The lowest BCUT2D eigenvalue weighted by Crippen LogP contribution is -2.35. The molecule has 0 amide bonds. The number of hydrogen-bond acceptors (Lipinski definition) is 6. The maximum absolute atomic E-state index is 11.5. The summed E-state index contributed by atoms with van der Waals surface area (Å²) in [6.07, 6.45) is 5.23. The van der Waals surface area contributed by atoms with E-state index in [0.717, 1.165) is 25.3 Å². The molecule has 2 bridgehead atoms. The van der Waals surface area contributed by atoms with Gasteiger partial charge in [-0.05, 0) is 25.3 Å². The summed E-state index contributed by atoms with van der Waals surface area (Å²) in [6, 6.07) is 3.02. The number of carbonyl (C=O) groups excluding carboxylic acids is 1. The van der Waals surface area contributed by atoms with Crippen molar-refractivity contribution >= 4 is 11.8 Å². The summed E-state index contributed by atoms with van der Waals surface area (Å²) in [5.41, 5.74) is 0. The second kappa shape index (κ2) is 5.13. The van der Waals surface area contributed by atoms with Gasteiger partial charge in [-0.15, -0.1) is 0 Å². The fraction of sp³-hybridized carbons (Fsp3) is 0.615. The van der Waals surface area contributed by atoms with E-state index >= 15 is 0 Å². The Morgan fingerprint density at radius 3 is 3.11 bits per heavy atom. The van der Waals surface area contributed by atoms with Crippen LogP contribution in [0.3, 0.4) is 0 Å². The summed E-state index contributed by atoms with van der Waals surface area (Å²) in [6.45, 7) is 1.90. The van der Waals surface area contributed by atoms with Crippen LogP contribution in [0.4, 0.5) is 5.82 Å². The van der Waals surface area contributed by atoms with Gasteiger partial charge in [-0.25, -0.2) is 14.8 Å². The Balaban J connectivity index is 1.79. The van der Waals surface area contributed by atoms with Gasteiger partial charge in [-0.1, -0.05) is 0 Å². The highest BCUT2D eigenvalue weighted by Crippen LogP contribution is 2.23. The first-order chi connectivity index (χ1) is 9.26. The minimum absolute atomic E-state index is 0.127. The number of nitrogens with zero attached hydrogens (tertiary/aromatic N) is 3. The first-order valence-corrected chi connectivity index (χ1v) is 6.68. The number of aromatic nitrogens is 2. The van der Waals surface area contributed by atoms with E-state index < -0.39 is 5.97 Å². The van der Waals surface area contributed by atoms with Crippen molar-refractivity contribution in [2.75, 3.05) is 25.1 Å². The molecule has 2 fully saturated rings. The third-order valence-corrected chi connectivity index (χ3v) is 3.86. The first kappa shape index (κ1) is 12.3. The molecule has 2 aliphatic rings. The Hall–Kier alpha value is -1.69. The molecule has 3 heterocycles. The molecule has 0 radical (unpaired) electrons.